The molecule has 1 N–H and O–H groups in total. The molecule has 1 unspecified atom stereocenters. The molecule has 3 aromatic carbocycles. The van der Waals surface area contributed by atoms with Crippen LogP contribution in [0, 0.1) is 13.8 Å². The van der Waals surface area contributed by atoms with Gasteiger partial charge >= 0.3 is 0 Å². The summed E-state index contributed by atoms with van der Waals surface area (Å²) >= 11 is 6.17. The van der Waals surface area contributed by atoms with E-state index in [1.165, 1.54) is 10.5 Å². The third-order valence-corrected chi connectivity index (χ3v) is 5.68. The number of tetrazole rings is 1. The summed E-state index contributed by atoms with van der Waals surface area (Å²) in [6.45, 7) is 5.02. The van der Waals surface area contributed by atoms with E-state index in [1.807, 2.05) is 22.9 Å². The van der Waals surface area contributed by atoms with Crippen LogP contribution in [0.2, 0.25) is 5.02 Å². The van der Waals surface area contributed by atoms with E-state index in [2.05, 4.69) is 91.0 Å². The fraction of sp³-hybridized carbons (Fsp3) is 0.208. The van der Waals surface area contributed by atoms with Gasteiger partial charge in [0, 0.05) is 16.1 Å². The van der Waals surface area contributed by atoms with Gasteiger partial charge in [0.15, 0.2) is 6.04 Å². The Morgan fingerprint density at radius 1 is 0.900 bits per heavy atom. The number of para-hydroxylation sites is 1. The molecular formula is C24H25ClN5+. The van der Waals surface area contributed by atoms with Gasteiger partial charge < -0.3 is 4.90 Å². The number of hydrogen-bond acceptors (Lipinski definition) is 3. The SMILES string of the molecule is Cc1cccc(C)c1-n1nnnc1[C@H](c1ccc(Cl)cc1)[NH+](C)Cc1ccccc1. The molecule has 0 aliphatic rings. The van der Waals surface area contributed by atoms with Crippen molar-refractivity contribution in [1.82, 2.24) is 20.2 Å². The van der Waals surface area contributed by atoms with Crippen molar-refractivity contribution in [3.63, 3.8) is 0 Å². The minimum absolute atomic E-state index is 0.0588. The van der Waals surface area contributed by atoms with Gasteiger partial charge in [-0.2, -0.15) is 4.68 Å². The Morgan fingerprint density at radius 2 is 1.57 bits per heavy atom. The van der Waals surface area contributed by atoms with E-state index >= 15 is 0 Å². The van der Waals surface area contributed by atoms with Gasteiger partial charge in [-0.15, -0.1) is 5.10 Å². The first kappa shape index (κ1) is 20.3. The number of quaternary nitrogens is 1. The van der Waals surface area contributed by atoms with Crippen molar-refractivity contribution < 1.29 is 4.90 Å². The molecule has 4 aromatic rings. The van der Waals surface area contributed by atoms with Crippen LogP contribution in [0.4, 0.5) is 0 Å². The predicted molar refractivity (Wildman–Crippen MR) is 119 cm³/mol. The molecule has 0 saturated carbocycles. The molecule has 6 heteroatoms. The molecule has 0 fully saturated rings. The van der Waals surface area contributed by atoms with Crippen molar-refractivity contribution in [1.29, 1.82) is 0 Å². The summed E-state index contributed by atoms with van der Waals surface area (Å²) in [6, 6.07) is 24.6. The summed E-state index contributed by atoms with van der Waals surface area (Å²) in [5.41, 5.74) is 5.69. The highest BCUT2D eigenvalue weighted by molar-refractivity contribution is 6.30. The number of nitrogens with zero attached hydrogens (tertiary/aromatic N) is 4. The van der Waals surface area contributed by atoms with Gasteiger partial charge in [0.25, 0.3) is 0 Å². The number of aryl methyl sites for hydroxylation is 2. The summed E-state index contributed by atoms with van der Waals surface area (Å²) < 4.78 is 1.89. The average Bonchev–Trinajstić information content (AvgIpc) is 3.19. The molecule has 1 heterocycles. The molecule has 0 aliphatic carbocycles. The van der Waals surface area contributed by atoms with Crippen LogP contribution in [0.3, 0.4) is 0 Å². The van der Waals surface area contributed by atoms with E-state index in [0.717, 1.165) is 34.7 Å². The van der Waals surface area contributed by atoms with Crippen LogP contribution in [-0.4, -0.2) is 27.3 Å². The van der Waals surface area contributed by atoms with Crippen LogP contribution in [0.1, 0.15) is 34.1 Å². The Morgan fingerprint density at radius 3 is 2.23 bits per heavy atom. The largest absolute Gasteiger partial charge is 0.321 e. The molecule has 0 radical (unpaired) electrons. The van der Waals surface area contributed by atoms with Crippen LogP contribution in [0.5, 0.6) is 0 Å². The highest BCUT2D eigenvalue weighted by Gasteiger charge is 2.30. The highest BCUT2D eigenvalue weighted by atomic mass is 35.5. The lowest BCUT2D eigenvalue weighted by Crippen LogP contribution is -3.08. The summed E-state index contributed by atoms with van der Waals surface area (Å²) in [5.74, 6) is 0.808. The quantitative estimate of drug-likeness (QED) is 0.519. The molecule has 152 valence electrons. The number of benzene rings is 3. The van der Waals surface area contributed by atoms with Crippen LogP contribution in [0.25, 0.3) is 5.69 Å². The van der Waals surface area contributed by atoms with Crippen molar-refractivity contribution in [3.8, 4) is 5.69 Å². The maximum absolute atomic E-state index is 6.17. The molecule has 2 atom stereocenters. The maximum atomic E-state index is 6.17. The van der Waals surface area contributed by atoms with E-state index in [-0.39, 0.29) is 6.04 Å². The fourth-order valence-corrected chi connectivity index (χ4v) is 4.13. The van der Waals surface area contributed by atoms with Crippen molar-refractivity contribution in [2.75, 3.05) is 7.05 Å². The Bertz CT molecular complexity index is 1100. The van der Waals surface area contributed by atoms with E-state index in [4.69, 9.17) is 11.6 Å². The number of nitrogens with one attached hydrogen (secondary N) is 1. The van der Waals surface area contributed by atoms with Gasteiger partial charge in [0.05, 0.1) is 12.7 Å². The van der Waals surface area contributed by atoms with Gasteiger partial charge in [-0.05, 0) is 47.5 Å². The Balaban J connectivity index is 1.81. The zero-order valence-corrected chi connectivity index (χ0v) is 18.1. The minimum Gasteiger partial charge on any atom is -0.321 e. The van der Waals surface area contributed by atoms with Gasteiger partial charge in [0.2, 0.25) is 5.82 Å². The molecule has 5 nitrogen and oxygen atoms in total. The summed E-state index contributed by atoms with van der Waals surface area (Å²) in [6.07, 6.45) is 0. The molecular weight excluding hydrogens is 394 g/mol. The van der Waals surface area contributed by atoms with Gasteiger partial charge in [-0.3, -0.25) is 0 Å². The van der Waals surface area contributed by atoms with Crippen molar-refractivity contribution in [2.45, 2.75) is 26.4 Å². The van der Waals surface area contributed by atoms with Crippen LogP contribution >= 0.6 is 11.6 Å². The number of aromatic nitrogens is 4. The normalized spacial score (nSPS) is 13.2. The second-order valence-corrected chi connectivity index (χ2v) is 8.12. The topological polar surface area (TPSA) is 48.0 Å². The number of hydrogen-bond donors (Lipinski definition) is 1. The monoisotopic (exact) mass is 418 g/mol. The zero-order valence-electron chi connectivity index (χ0n) is 17.4. The lowest BCUT2D eigenvalue weighted by atomic mass is 10.0. The molecule has 4 rings (SSSR count). The third kappa shape index (κ3) is 4.13. The minimum atomic E-state index is -0.0588. The summed E-state index contributed by atoms with van der Waals surface area (Å²) in [4.78, 5) is 1.27. The Hall–Kier alpha value is -3.02. The van der Waals surface area contributed by atoms with E-state index in [9.17, 15) is 0 Å². The number of halogens is 1. The fourth-order valence-electron chi connectivity index (χ4n) is 4.00. The van der Waals surface area contributed by atoms with Gasteiger partial charge in [-0.25, -0.2) is 0 Å². The van der Waals surface area contributed by atoms with Gasteiger partial charge in [0.1, 0.15) is 6.54 Å². The molecule has 1 aromatic heterocycles. The summed E-state index contributed by atoms with van der Waals surface area (Å²) in [5, 5.41) is 13.6. The van der Waals surface area contributed by atoms with E-state index in [0.29, 0.717) is 5.02 Å². The Labute approximate surface area is 181 Å². The molecule has 0 aliphatic heterocycles. The highest BCUT2D eigenvalue weighted by Crippen LogP contribution is 2.24. The molecule has 0 bridgehead atoms. The van der Waals surface area contributed by atoms with Gasteiger partial charge in [-0.1, -0.05) is 72.3 Å². The van der Waals surface area contributed by atoms with Crippen molar-refractivity contribution >= 4 is 11.6 Å². The smallest absolute Gasteiger partial charge is 0.219 e. The van der Waals surface area contributed by atoms with E-state index in [1.54, 1.807) is 0 Å². The maximum Gasteiger partial charge on any atom is 0.219 e. The third-order valence-electron chi connectivity index (χ3n) is 5.43. The van der Waals surface area contributed by atoms with E-state index < -0.39 is 0 Å². The second kappa shape index (κ2) is 8.78. The zero-order chi connectivity index (χ0) is 21.1. The first-order chi connectivity index (χ1) is 14.5. The molecule has 30 heavy (non-hydrogen) atoms. The first-order valence-electron chi connectivity index (χ1n) is 10.0. The van der Waals surface area contributed by atoms with Crippen LogP contribution < -0.4 is 4.90 Å². The molecule has 0 saturated heterocycles. The lowest BCUT2D eigenvalue weighted by Gasteiger charge is -2.25. The average molecular weight is 419 g/mol. The van der Waals surface area contributed by atoms with Crippen LogP contribution in [-0.2, 0) is 6.54 Å². The lowest BCUT2D eigenvalue weighted by molar-refractivity contribution is -0.920. The van der Waals surface area contributed by atoms with Crippen molar-refractivity contribution in [2.24, 2.45) is 0 Å². The molecule has 0 spiro atoms. The summed E-state index contributed by atoms with van der Waals surface area (Å²) in [7, 11) is 2.18. The Kier molecular flexibility index (Phi) is 5.93. The van der Waals surface area contributed by atoms with Crippen molar-refractivity contribution in [3.05, 3.63) is 106 Å². The number of rotatable bonds is 6. The molecule has 0 amide bonds. The van der Waals surface area contributed by atoms with Crippen LogP contribution in [0.15, 0.2) is 72.8 Å². The first-order valence-corrected chi connectivity index (χ1v) is 10.4. The second-order valence-electron chi connectivity index (χ2n) is 7.68. The predicted octanol–water partition coefficient (Wildman–Crippen LogP) is 3.74. The standard InChI is InChI=1S/C24H24ClN5/c1-17-8-7-9-18(2)22(17)30-24(26-27-28-30)23(20-12-14-21(25)15-13-20)29(3)16-19-10-5-4-6-11-19/h4-15,23H,16H2,1-3H3/p+1/t23-/m0/s1.